The third-order valence-electron chi connectivity index (χ3n) is 3.63. The van der Waals surface area contributed by atoms with Gasteiger partial charge in [0.2, 0.25) is 0 Å². The van der Waals surface area contributed by atoms with Gasteiger partial charge in [-0.1, -0.05) is 52.0 Å². The number of hydrogen-bond donors (Lipinski definition) is 1. The lowest BCUT2D eigenvalue weighted by atomic mass is 9.82. The minimum absolute atomic E-state index is 0.295. The highest BCUT2D eigenvalue weighted by atomic mass is 16.3. The second-order valence-electron chi connectivity index (χ2n) is 4.96. The van der Waals surface area contributed by atoms with Gasteiger partial charge in [0.15, 0.2) is 0 Å². The van der Waals surface area contributed by atoms with E-state index in [9.17, 15) is 5.11 Å². The van der Waals surface area contributed by atoms with Crippen LogP contribution in [-0.2, 0) is 12.8 Å². The molecule has 0 aliphatic heterocycles. The molecule has 0 heterocycles. The Morgan fingerprint density at radius 3 is 1.94 bits per heavy atom. The van der Waals surface area contributed by atoms with E-state index in [4.69, 9.17) is 0 Å². The van der Waals surface area contributed by atoms with Crippen molar-refractivity contribution in [3.05, 3.63) is 35.4 Å². The number of hydrogen-bond acceptors (Lipinski definition) is 1. The van der Waals surface area contributed by atoms with Gasteiger partial charge in [0.05, 0.1) is 5.60 Å². The van der Waals surface area contributed by atoms with Crippen LogP contribution in [0.4, 0.5) is 0 Å². The highest BCUT2D eigenvalue weighted by Gasteiger charge is 2.28. The molecule has 0 aromatic heterocycles. The molecule has 1 rings (SSSR count). The number of rotatable bonds is 5. The van der Waals surface area contributed by atoms with Crippen LogP contribution in [0.15, 0.2) is 24.3 Å². The van der Waals surface area contributed by atoms with Gasteiger partial charge in [0.1, 0.15) is 0 Å². The van der Waals surface area contributed by atoms with E-state index in [-0.39, 0.29) is 0 Å². The van der Waals surface area contributed by atoms with Crippen molar-refractivity contribution in [2.45, 2.75) is 52.6 Å². The lowest BCUT2D eigenvalue weighted by Gasteiger charge is -2.31. The van der Waals surface area contributed by atoms with Crippen molar-refractivity contribution in [3.63, 3.8) is 0 Å². The normalized spacial score (nSPS) is 15.1. The standard InChI is InChI=1S/C15H24O/c1-5-13-7-9-14(10-8-13)11-15(16,6-2)12(3)4/h7-10,12,16H,5-6,11H2,1-4H3. The Kier molecular flexibility index (Phi) is 4.55. The van der Waals surface area contributed by atoms with Crippen LogP contribution in [0.1, 0.15) is 45.2 Å². The molecule has 1 unspecified atom stereocenters. The topological polar surface area (TPSA) is 20.2 Å². The van der Waals surface area contributed by atoms with Crippen LogP contribution in [0, 0.1) is 5.92 Å². The van der Waals surface area contributed by atoms with Crippen LogP contribution in [0.3, 0.4) is 0 Å². The first-order chi connectivity index (χ1) is 7.51. The summed E-state index contributed by atoms with van der Waals surface area (Å²) in [6.07, 6.45) is 2.63. The molecule has 0 amide bonds. The summed E-state index contributed by atoms with van der Waals surface area (Å²) in [5, 5.41) is 10.5. The summed E-state index contributed by atoms with van der Waals surface area (Å²) < 4.78 is 0. The third kappa shape index (κ3) is 3.08. The molecule has 1 aromatic carbocycles. The molecule has 0 saturated carbocycles. The van der Waals surface area contributed by atoms with Crippen molar-refractivity contribution in [2.24, 2.45) is 5.92 Å². The number of aliphatic hydroxyl groups is 1. The molecule has 0 saturated heterocycles. The summed E-state index contributed by atoms with van der Waals surface area (Å²) in [4.78, 5) is 0. The summed E-state index contributed by atoms with van der Waals surface area (Å²) in [5.41, 5.74) is 2.02. The van der Waals surface area contributed by atoms with E-state index < -0.39 is 5.60 Å². The molecule has 0 aliphatic carbocycles. The maximum absolute atomic E-state index is 10.5. The molecular weight excluding hydrogens is 196 g/mol. The lowest BCUT2D eigenvalue weighted by molar-refractivity contribution is -0.00828. The van der Waals surface area contributed by atoms with E-state index in [1.807, 2.05) is 0 Å². The second kappa shape index (κ2) is 5.49. The summed E-state index contributed by atoms with van der Waals surface area (Å²) in [6, 6.07) is 8.60. The Labute approximate surface area is 99.5 Å². The molecular formula is C15H24O. The molecule has 1 atom stereocenters. The predicted molar refractivity (Wildman–Crippen MR) is 69.6 cm³/mol. The fourth-order valence-corrected chi connectivity index (χ4v) is 1.98. The summed E-state index contributed by atoms with van der Waals surface area (Å²) in [5.74, 6) is 0.295. The van der Waals surface area contributed by atoms with E-state index in [1.54, 1.807) is 0 Å². The van der Waals surface area contributed by atoms with Crippen molar-refractivity contribution >= 4 is 0 Å². The monoisotopic (exact) mass is 220 g/mol. The van der Waals surface area contributed by atoms with Gasteiger partial charge in [-0.15, -0.1) is 0 Å². The van der Waals surface area contributed by atoms with Crippen molar-refractivity contribution in [1.82, 2.24) is 0 Å². The largest absolute Gasteiger partial charge is 0.389 e. The SMILES string of the molecule is CCc1ccc(CC(O)(CC)C(C)C)cc1. The molecule has 16 heavy (non-hydrogen) atoms. The van der Waals surface area contributed by atoms with Gasteiger partial charge in [0, 0.05) is 6.42 Å². The zero-order valence-corrected chi connectivity index (χ0v) is 11.0. The maximum Gasteiger partial charge on any atom is 0.0708 e. The third-order valence-corrected chi connectivity index (χ3v) is 3.63. The maximum atomic E-state index is 10.5. The van der Waals surface area contributed by atoms with Gasteiger partial charge >= 0.3 is 0 Å². The van der Waals surface area contributed by atoms with E-state index in [2.05, 4.69) is 52.0 Å². The molecule has 1 nitrogen and oxygen atoms in total. The molecule has 1 N–H and O–H groups in total. The molecule has 0 bridgehead atoms. The number of benzene rings is 1. The average Bonchev–Trinajstić information content (AvgIpc) is 2.29. The first-order valence-corrected chi connectivity index (χ1v) is 6.32. The van der Waals surface area contributed by atoms with Crippen molar-refractivity contribution in [1.29, 1.82) is 0 Å². The molecule has 0 fully saturated rings. The predicted octanol–water partition coefficient (Wildman–Crippen LogP) is 3.59. The highest BCUT2D eigenvalue weighted by molar-refractivity contribution is 5.23. The van der Waals surface area contributed by atoms with E-state index in [0.29, 0.717) is 5.92 Å². The molecule has 1 aromatic rings. The quantitative estimate of drug-likeness (QED) is 0.804. The highest BCUT2D eigenvalue weighted by Crippen LogP contribution is 2.25. The van der Waals surface area contributed by atoms with Crippen molar-refractivity contribution < 1.29 is 5.11 Å². The van der Waals surface area contributed by atoms with Gasteiger partial charge in [-0.05, 0) is 29.9 Å². The van der Waals surface area contributed by atoms with Crippen LogP contribution in [0.5, 0.6) is 0 Å². The Bertz CT molecular complexity index is 313. The minimum Gasteiger partial charge on any atom is -0.389 e. The van der Waals surface area contributed by atoms with E-state index >= 15 is 0 Å². The molecule has 90 valence electrons. The van der Waals surface area contributed by atoms with Crippen LogP contribution >= 0.6 is 0 Å². The molecule has 0 aliphatic rings. The molecule has 0 radical (unpaired) electrons. The Hall–Kier alpha value is -0.820. The van der Waals surface area contributed by atoms with Crippen molar-refractivity contribution in [2.75, 3.05) is 0 Å². The summed E-state index contributed by atoms with van der Waals surface area (Å²) in [7, 11) is 0. The van der Waals surface area contributed by atoms with Gasteiger partial charge in [-0.25, -0.2) is 0 Å². The first kappa shape index (κ1) is 13.2. The Morgan fingerprint density at radius 1 is 1.06 bits per heavy atom. The molecule has 0 spiro atoms. The van der Waals surface area contributed by atoms with Crippen LogP contribution < -0.4 is 0 Å². The van der Waals surface area contributed by atoms with Crippen LogP contribution in [0.2, 0.25) is 0 Å². The van der Waals surface area contributed by atoms with Gasteiger partial charge < -0.3 is 5.11 Å². The first-order valence-electron chi connectivity index (χ1n) is 6.32. The minimum atomic E-state index is -0.562. The number of aryl methyl sites for hydroxylation is 1. The summed E-state index contributed by atoms with van der Waals surface area (Å²) >= 11 is 0. The van der Waals surface area contributed by atoms with E-state index in [1.165, 1.54) is 11.1 Å². The second-order valence-corrected chi connectivity index (χ2v) is 4.96. The lowest BCUT2D eigenvalue weighted by Crippen LogP contribution is -2.36. The average molecular weight is 220 g/mol. The van der Waals surface area contributed by atoms with Gasteiger partial charge in [0.25, 0.3) is 0 Å². The van der Waals surface area contributed by atoms with Crippen molar-refractivity contribution in [3.8, 4) is 0 Å². The Balaban J connectivity index is 2.78. The zero-order chi connectivity index (χ0) is 12.2. The molecule has 1 heteroatoms. The Morgan fingerprint density at radius 2 is 1.56 bits per heavy atom. The zero-order valence-electron chi connectivity index (χ0n) is 11.0. The van der Waals surface area contributed by atoms with E-state index in [0.717, 1.165) is 19.3 Å². The summed E-state index contributed by atoms with van der Waals surface area (Å²) in [6.45, 7) is 8.39. The van der Waals surface area contributed by atoms with Gasteiger partial charge in [-0.2, -0.15) is 0 Å². The fraction of sp³-hybridized carbons (Fsp3) is 0.600. The fourth-order valence-electron chi connectivity index (χ4n) is 1.98. The van der Waals surface area contributed by atoms with Gasteiger partial charge in [-0.3, -0.25) is 0 Å². The van der Waals surface area contributed by atoms with Crippen LogP contribution in [0.25, 0.3) is 0 Å². The smallest absolute Gasteiger partial charge is 0.0708 e. The van der Waals surface area contributed by atoms with Crippen LogP contribution in [-0.4, -0.2) is 10.7 Å².